The summed E-state index contributed by atoms with van der Waals surface area (Å²) in [6, 6.07) is 13.9. The number of halogens is 1. The van der Waals surface area contributed by atoms with Gasteiger partial charge in [-0.25, -0.2) is 9.59 Å². The van der Waals surface area contributed by atoms with Crippen LogP contribution in [0.2, 0.25) is 5.02 Å². The molecule has 27 heavy (non-hydrogen) atoms. The Labute approximate surface area is 162 Å². The molecule has 2 aromatic carbocycles. The molecule has 7 nitrogen and oxygen atoms in total. The van der Waals surface area contributed by atoms with Gasteiger partial charge in [-0.15, -0.1) is 0 Å². The van der Waals surface area contributed by atoms with Gasteiger partial charge in [0.1, 0.15) is 0 Å². The Morgan fingerprint density at radius 3 is 2.00 bits per heavy atom. The van der Waals surface area contributed by atoms with Crippen LogP contribution in [0.15, 0.2) is 42.5 Å². The average Bonchev–Trinajstić information content (AvgIpc) is 2.66. The standard InChI is InChI=1S/C17H20ClNO2.C2H2O4/c1-20-16-8-5-13(11-17(16)21-2)9-10-19-12-14-3-6-15(18)7-4-14;3-1(4)2(5)6/h3-8,11,19H,9-10,12H2,1-2H3;(H,3,4)(H,5,6). The smallest absolute Gasteiger partial charge is 0.414 e. The fourth-order valence-electron chi connectivity index (χ4n) is 2.10. The van der Waals surface area contributed by atoms with Gasteiger partial charge in [0.25, 0.3) is 0 Å². The van der Waals surface area contributed by atoms with E-state index >= 15 is 0 Å². The van der Waals surface area contributed by atoms with Crippen molar-refractivity contribution >= 4 is 23.5 Å². The number of methoxy groups -OCH3 is 2. The van der Waals surface area contributed by atoms with Gasteiger partial charge in [0, 0.05) is 11.6 Å². The fourth-order valence-corrected chi connectivity index (χ4v) is 2.23. The minimum Gasteiger partial charge on any atom is -0.493 e. The van der Waals surface area contributed by atoms with Crippen molar-refractivity contribution in [1.29, 1.82) is 0 Å². The summed E-state index contributed by atoms with van der Waals surface area (Å²) >= 11 is 5.86. The van der Waals surface area contributed by atoms with Crippen LogP contribution >= 0.6 is 11.6 Å². The number of rotatable bonds is 7. The predicted molar refractivity (Wildman–Crippen MR) is 102 cm³/mol. The number of nitrogens with one attached hydrogen (secondary N) is 1. The molecule has 2 aromatic rings. The molecular formula is C19H22ClNO6. The average molecular weight is 396 g/mol. The van der Waals surface area contributed by atoms with E-state index in [1.54, 1.807) is 14.2 Å². The molecule has 0 amide bonds. The summed E-state index contributed by atoms with van der Waals surface area (Å²) in [5.41, 5.74) is 2.45. The van der Waals surface area contributed by atoms with E-state index in [1.165, 1.54) is 11.1 Å². The topological polar surface area (TPSA) is 105 Å². The number of carboxylic acids is 2. The van der Waals surface area contributed by atoms with Crippen LogP contribution in [-0.4, -0.2) is 42.9 Å². The van der Waals surface area contributed by atoms with E-state index in [0.29, 0.717) is 0 Å². The molecule has 3 N–H and O–H groups in total. The van der Waals surface area contributed by atoms with Gasteiger partial charge in [0.05, 0.1) is 14.2 Å². The number of hydrogen-bond donors (Lipinski definition) is 3. The third kappa shape index (κ3) is 8.44. The minimum absolute atomic E-state index is 0.760. The Kier molecular flexibility index (Phi) is 9.71. The van der Waals surface area contributed by atoms with Crippen molar-refractivity contribution < 1.29 is 29.3 Å². The van der Waals surface area contributed by atoms with Crippen LogP contribution in [0, 0.1) is 0 Å². The van der Waals surface area contributed by atoms with Gasteiger partial charge in [-0.1, -0.05) is 29.8 Å². The quantitative estimate of drug-likeness (QED) is 0.489. The van der Waals surface area contributed by atoms with Crippen LogP contribution < -0.4 is 14.8 Å². The van der Waals surface area contributed by atoms with Crippen molar-refractivity contribution in [2.45, 2.75) is 13.0 Å². The maximum absolute atomic E-state index is 9.10. The molecule has 0 unspecified atom stereocenters. The maximum Gasteiger partial charge on any atom is 0.414 e. The molecule has 0 spiro atoms. The van der Waals surface area contributed by atoms with E-state index < -0.39 is 11.9 Å². The molecule has 8 heteroatoms. The number of aliphatic carboxylic acids is 2. The van der Waals surface area contributed by atoms with Gasteiger partial charge >= 0.3 is 11.9 Å². The summed E-state index contributed by atoms with van der Waals surface area (Å²) in [6.07, 6.45) is 0.938. The van der Waals surface area contributed by atoms with Crippen LogP contribution in [0.25, 0.3) is 0 Å². The van der Waals surface area contributed by atoms with Crippen LogP contribution in [0.1, 0.15) is 11.1 Å². The van der Waals surface area contributed by atoms with Gasteiger partial charge in [0.15, 0.2) is 11.5 Å². The zero-order valence-electron chi connectivity index (χ0n) is 15.1. The number of ether oxygens (including phenoxy) is 2. The molecule has 2 rings (SSSR count). The summed E-state index contributed by atoms with van der Waals surface area (Å²) < 4.78 is 10.5. The second-order valence-corrected chi connectivity index (χ2v) is 5.79. The van der Waals surface area contributed by atoms with Crippen LogP contribution in [0.5, 0.6) is 11.5 Å². The molecule has 0 radical (unpaired) electrons. The summed E-state index contributed by atoms with van der Waals surface area (Å²) in [5.74, 6) is -2.12. The fraction of sp³-hybridized carbons (Fsp3) is 0.263. The Bertz CT molecular complexity index is 736. The van der Waals surface area contributed by atoms with Crippen LogP contribution in [-0.2, 0) is 22.6 Å². The lowest BCUT2D eigenvalue weighted by atomic mass is 10.1. The molecule has 0 saturated carbocycles. The number of hydrogen-bond acceptors (Lipinski definition) is 5. The van der Waals surface area contributed by atoms with Gasteiger partial charge in [0.2, 0.25) is 0 Å². The second kappa shape index (κ2) is 11.8. The molecule has 0 aliphatic rings. The maximum atomic E-state index is 9.10. The number of carboxylic acid groups (broad SMARTS) is 2. The largest absolute Gasteiger partial charge is 0.493 e. The van der Waals surface area contributed by atoms with E-state index in [-0.39, 0.29) is 0 Å². The number of benzene rings is 2. The first-order valence-electron chi connectivity index (χ1n) is 7.99. The molecule has 0 atom stereocenters. The first-order valence-corrected chi connectivity index (χ1v) is 8.37. The lowest BCUT2D eigenvalue weighted by molar-refractivity contribution is -0.159. The van der Waals surface area contributed by atoms with Crippen LogP contribution in [0.3, 0.4) is 0 Å². The molecule has 146 valence electrons. The minimum atomic E-state index is -1.82. The molecule has 0 bridgehead atoms. The predicted octanol–water partition coefficient (Wildman–Crippen LogP) is 2.85. The second-order valence-electron chi connectivity index (χ2n) is 5.35. The van der Waals surface area contributed by atoms with Crippen molar-refractivity contribution in [1.82, 2.24) is 5.32 Å². The molecule has 0 aliphatic carbocycles. The third-order valence-corrected chi connectivity index (χ3v) is 3.72. The Morgan fingerprint density at radius 1 is 0.926 bits per heavy atom. The van der Waals surface area contributed by atoms with Crippen molar-refractivity contribution in [2.24, 2.45) is 0 Å². The van der Waals surface area contributed by atoms with Crippen molar-refractivity contribution in [3.63, 3.8) is 0 Å². The van der Waals surface area contributed by atoms with Gasteiger partial charge in [-0.3, -0.25) is 0 Å². The first kappa shape index (κ1) is 22.3. The van der Waals surface area contributed by atoms with E-state index in [0.717, 1.165) is 36.0 Å². The highest BCUT2D eigenvalue weighted by atomic mass is 35.5. The molecular weight excluding hydrogens is 374 g/mol. The molecule has 0 heterocycles. The van der Waals surface area contributed by atoms with Gasteiger partial charge in [-0.05, 0) is 48.4 Å². The third-order valence-electron chi connectivity index (χ3n) is 3.46. The lowest BCUT2D eigenvalue weighted by Gasteiger charge is -2.10. The van der Waals surface area contributed by atoms with E-state index in [9.17, 15) is 0 Å². The van der Waals surface area contributed by atoms with Gasteiger partial charge in [-0.2, -0.15) is 0 Å². The first-order chi connectivity index (χ1) is 12.9. The monoisotopic (exact) mass is 395 g/mol. The Morgan fingerprint density at radius 2 is 1.48 bits per heavy atom. The van der Waals surface area contributed by atoms with E-state index in [1.807, 2.05) is 36.4 Å². The summed E-state index contributed by atoms with van der Waals surface area (Å²) in [7, 11) is 3.30. The zero-order valence-corrected chi connectivity index (χ0v) is 15.8. The zero-order chi connectivity index (χ0) is 20.2. The summed E-state index contributed by atoms with van der Waals surface area (Å²) in [5, 5.41) is 19.0. The van der Waals surface area contributed by atoms with Crippen LogP contribution in [0.4, 0.5) is 0 Å². The Balaban J connectivity index is 0.000000527. The van der Waals surface area contributed by atoms with Crippen molar-refractivity contribution in [2.75, 3.05) is 20.8 Å². The van der Waals surface area contributed by atoms with Gasteiger partial charge < -0.3 is 25.0 Å². The Hall–Kier alpha value is -2.77. The van der Waals surface area contributed by atoms with Crippen molar-refractivity contribution in [3.05, 3.63) is 58.6 Å². The molecule has 0 fully saturated rings. The summed E-state index contributed by atoms with van der Waals surface area (Å²) in [6.45, 7) is 1.74. The highest BCUT2D eigenvalue weighted by Gasteiger charge is 2.04. The summed E-state index contributed by atoms with van der Waals surface area (Å²) in [4.78, 5) is 18.2. The lowest BCUT2D eigenvalue weighted by Crippen LogP contribution is -2.16. The highest BCUT2D eigenvalue weighted by molar-refractivity contribution is 6.30. The normalized spacial score (nSPS) is 9.74. The number of carbonyl (C=O) groups is 2. The molecule has 0 saturated heterocycles. The highest BCUT2D eigenvalue weighted by Crippen LogP contribution is 2.27. The molecule has 0 aromatic heterocycles. The molecule has 0 aliphatic heterocycles. The van der Waals surface area contributed by atoms with Crippen molar-refractivity contribution in [3.8, 4) is 11.5 Å². The van der Waals surface area contributed by atoms with E-state index in [2.05, 4.69) is 11.4 Å². The van der Waals surface area contributed by atoms with E-state index in [4.69, 9.17) is 40.9 Å². The SMILES string of the molecule is COc1ccc(CCNCc2ccc(Cl)cc2)cc1OC.O=C(O)C(=O)O.